The monoisotopic (exact) mass is 602 g/mol. The topological polar surface area (TPSA) is 106 Å². The Labute approximate surface area is 237 Å². The van der Waals surface area contributed by atoms with Gasteiger partial charge in [-0.25, -0.2) is 19.3 Å². The van der Waals surface area contributed by atoms with Gasteiger partial charge in [-0.3, -0.25) is 4.79 Å². The maximum absolute atomic E-state index is 14.0. The molecule has 7 nitrogen and oxygen atoms in total. The summed E-state index contributed by atoms with van der Waals surface area (Å²) in [5.41, 5.74) is 9.46. The molecule has 196 valence electrons. The number of rotatable bonds is 7. The number of hydrogen-bond donors (Lipinski definition) is 3. The molecule has 0 bridgehead atoms. The van der Waals surface area contributed by atoms with E-state index >= 15 is 0 Å². The van der Waals surface area contributed by atoms with Crippen LogP contribution in [-0.4, -0.2) is 20.9 Å². The number of aromatic nitrogens is 3. The minimum atomic E-state index is -0.463. The van der Waals surface area contributed by atoms with Crippen LogP contribution in [0.5, 0.6) is 0 Å². The van der Waals surface area contributed by atoms with Gasteiger partial charge in [-0.05, 0) is 94.6 Å². The van der Waals surface area contributed by atoms with Gasteiger partial charge in [0.15, 0.2) is 5.65 Å². The molecule has 0 saturated heterocycles. The molecule has 0 aliphatic carbocycles. The average molecular weight is 604 g/mol. The molecular weight excluding hydrogens is 579 g/mol. The third-order valence-electron chi connectivity index (χ3n) is 5.89. The molecule has 0 spiro atoms. The number of halogens is 2. The number of anilines is 4. The van der Waals surface area contributed by atoms with Crippen molar-refractivity contribution in [2.75, 3.05) is 16.4 Å². The molecule has 1 amide bonds. The number of fused-ring (bicyclic) bond motifs is 1. The second kappa shape index (κ2) is 11.4. The van der Waals surface area contributed by atoms with Crippen LogP contribution in [0.25, 0.3) is 11.0 Å². The molecule has 4 N–H and O–H groups in total. The highest BCUT2D eigenvalue weighted by atomic mass is 79.9. The van der Waals surface area contributed by atoms with Crippen LogP contribution in [0, 0.1) is 5.82 Å². The van der Waals surface area contributed by atoms with Crippen LogP contribution >= 0.6 is 27.7 Å². The number of amides is 1. The Morgan fingerprint density at radius 1 is 1.00 bits per heavy atom. The quantitative estimate of drug-likeness (QED) is 0.163. The highest BCUT2D eigenvalue weighted by Gasteiger charge is 2.15. The first kappa shape index (κ1) is 26.6. The SMILES string of the molecule is CC(C)c1ccc2c(Nc3cc(C(=O)Nc4ccc(Br)c(F)c4)ccc3Sc3ccc(N)cc3)ncnc2n1. The molecule has 10 heteroatoms. The van der Waals surface area contributed by atoms with E-state index in [9.17, 15) is 9.18 Å². The molecule has 39 heavy (non-hydrogen) atoms. The lowest BCUT2D eigenvalue weighted by atomic mass is 10.1. The van der Waals surface area contributed by atoms with Gasteiger partial charge in [0, 0.05) is 32.4 Å². The molecule has 0 saturated carbocycles. The van der Waals surface area contributed by atoms with Crippen LogP contribution in [0.2, 0.25) is 0 Å². The second-order valence-corrected chi connectivity index (χ2v) is 11.0. The maximum atomic E-state index is 14.0. The fourth-order valence-corrected chi connectivity index (χ4v) is 4.93. The van der Waals surface area contributed by atoms with Crippen molar-refractivity contribution in [2.24, 2.45) is 0 Å². The van der Waals surface area contributed by atoms with Crippen molar-refractivity contribution in [1.29, 1.82) is 0 Å². The summed E-state index contributed by atoms with van der Waals surface area (Å²) >= 11 is 4.65. The number of carbonyl (C=O) groups excluding carboxylic acids is 1. The molecule has 0 aliphatic rings. The first-order valence-electron chi connectivity index (χ1n) is 12.1. The van der Waals surface area contributed by atoms with Gasteiger partial charge in [0.05, 0.1) is 15.5 Å². The van der Waals surface area contributed by atoms with E-state index in [0.717, 1.165) is 20.9 Å². The van der Waals surface area contributed by atoms with E-state index in [1.165, 1.54) is 24.2 Å². The summed E-state index contributed by atoms with van der Waals surface area (Å²) in [4.78, 5) is 28.4. The Morgan fingerprint density at radius 2 is 1.79 bits per heavy atom. The number of nitrogens with two attached hydrogens (primary N) is 1. The Morgan fingerprint density at radius 3 is 2.54 bits per heavy atom. The van der Waals surface area contributed by atoms with E-state index in [-0.39, 0.29) is 11.8 Å². The van der Waals surface area contributed by atoms with Crippen LogP contribution in [0.4, 0.5) is 27.3 Å². The van der Waals surface area contributed by atoms with Gasteiger partial charge in [-0.2, -0.15) is 0 Å². The third kappa shape index (κ3) is 6.18. The van der Waals surface area contributed by atoms with E-state index in [1.807, 2.05) is 42.5 Å². The first-order chi connectivity index (χ1) is 18.8. The van der Waals surface area contributed by atoms with Gasteiger partial charge in [-0.1, -0.05) is 25.6 Å². The van der Waals surface area contributed by atoms with Crippen molar-refractivity contribution in [2.45, 2.75) is 29.6 Å². The lowest BCUT2D eigenvalue weighted by Crippen LogP contribution is -2.12. The number of benzene rings is 3. The van der Waals surface area contributed by atoms with Gasteiger partial charge in [-0.15, -0.1) is 0 Å². The summed E-state index contributed by atoms with van der Waals surface area (Å²) in [7, 11) is 0. The lowest BCUT2D eigenvalue weighted by Gasteiger charge is -2.15. The van der Waals surface area contributed by atoms with Crippen LogP contribution in [0.15, 0.2) is 93.4 Å². The molecule has 3 aromatic carbocycles. The molecule has 0 radical (unpaired) electrons. The van der Waals surface area contributed by atoms with Crippen molar-refractivity contribution in [3.05, 3.63) is 101 Å². The van der Waals surface area contributed by atoms with E-state index in [1.54, 1.807) is 24.3 Å². The summed E-state index contributed by atoms with van der Waals surface area (Å²) in [5.74, 6) is -0.0116. The normalized spacial score (nSPS) is 11.1. The molecule has 0 aliphatic heterocycles. The predicted molar refractivity (Wildman–Crippen MR) is 158 cm³/mol. The number of nitrogens with one attached hydrogen (secondary N) is 2. The summed E-state index contributed by atoms with van der Waals surface area (Å²) in [6.45, 7) is 4.16. The average Bonchev–Trinajstić information content (AvgIpc) is 2.92. The number of hydrogen-bond acceptors (Lipinski definition) is 7. The molecule has 2 aromatic heterocycles. The largest absolute Gasteiger partial charge is 0.399 e. The third-order valence-corrected chi connectivity index (χ3v) is 7.62. The standard InChI is InChI=1S/C29H24BrFN6OS/c1-16(2)24-11-9-21-27(36-24)33-15-34-28(21)37-25-13-17(29(38)35-19-6-10-22(30)23(31)14-19)3-12-26(25)39-20-7-4-18(32)5-8-20/h3-16H,32H2,1-2H3,(H,35,38)(H,33,34,36,37). The van der Waals surface area contributed by atoms with Gasteiger partial charge in [0.25, 0.3) is 5.91 Å². The molecule has 5 rings (SSSR count). The Hall–Kier alpha value is -4.02. The van der Waals surface area contributed by atoms with Crippen molar-refractivity contribution >= 4 is 67.5 Å². The number of nitrogen functional groups attached to an aromatic ring is 1. The minimum Gasteiger partial charge on any atom is -0.399 e. The summed E-state index contributed by atoms with van der Waals surface area (Å²) in [6.07, 6.45) is 1.47. The Balaban J connectivity index is 1.51. The smallest absolute Gasteiger partial charge is 0.255 e. The van der Waals surface area contributed by atoms with Crippen molar-refractivity contribution < 1.29 is 9.18 Å². The Bertz CT molecular complexity index is 1680. The molecule has 0 unspecified atom stereocenters. The molecule has 5 aromatic rings. The van der Waals surface area contributed by atoms with Crippen LogP contribution in [-0.2, 0) is 0 Å². The highest BCUT2D eigenvalue weighted by molar-refractivity contribution is 9.10. The van der Waals surface area contributed by atoms with Gasteiger partial charge >= 0.3 is 0 Å². The first-order valence-corrected chi connectivity index (χ1v) is 13.7. The molecule has 0 fully saturated rings. The number of carbonyl (C=O) groups is 1. The predicted octanol–water partition coefficient (Wildman–Crippen LogP) is 7.78. The minimum absolute atomic E-state index is 0.262. The number of nitrogens with zero attached hydrogens (tertiary/aromatic N) is 3. The summed E-state index contributed by atoms with van der Waals surface area (Å²) in [6, 6.07) is 21.2. The zero-order valence-electron chi connectivity index (χ0n) is 21.1. The Kier molecular flexibility index (Phi) is 7.76. The molecule has 2 heterocycles. The van der Waals surface area contributed by atoms with E-state index in [4.69, 9.17) is 5.73 Å². The zero-order valence-corrected chi connectivity index (χ0v) is 23.5. The van der Waals surface area contributed by atoms with Crippen LogP contribution in [0.3, 0.4) is 0 Å². The van der Waals surface area contributed by atoms with Crippen molar-refractivity contribution in [3.8, 4) is 0 Å². The number of pyridine rings is 1. The highest BCUT2D eigenvalue weighted by Crippen LogP contribution is 2.37. The second-order valence-electron chi connectivity index (χ2n) is 9.07. The van der Waals surface area contributed by atoms with Crippen molar-refractivity contribution in [1.82, 2.24) is 15.0 Å². The fourth-order valence-electron chi connectivity index (χ4n) is 3.80. The molecular formula is C29H24BrFN6OS. The van der Waals surface area contributed by atoms with Crippen LogP contribution in [0.1, 0.15) is 35.8 Å². The molecule has 0 atom stereocenters. The van der Waals surface area contributed by atoms with E-state index < -0.39 is 5.82 Å². The van der Waals surface area contributed by atoms with E-state index in [2.05, 4.69) is 55.4 Å². The summed E-state index contributed by atoms with van der Waals surface area (Å²) in [5, 5.41) is 6.90. The van der Waals surface area contributed by atoms with Gasteiger partial charge in [0.1, 0.15) is 18.0 Å². The summed E-state index contributed by atoms with van der Waals surface area (Å²) < 4.78 is 14.3. The lowest BCUT2D eigenvalue weighted by molar-refractivity contribution is 0.102. The van der Waals surface area contributed by atoms with E-state index in [0.29, 0.717) is 38.6 Å². The maximum Gasteiger partial charge on any atom is 0.255 e. The van der Waals surface area contributed by atoms with Gasteiger partial charge in [0.2, 0.25) is 0 Å². The van der Waals surface area contributed by atoms with Crippen molar-refractivity contribution in [3.63, 3.8) is 0 Å². The fraction of sp³-hybridized carbons (Fsp3) is 0.103. The van der Waals surface area contributed by atoms with Crippen LogP contribution < -0.4 is 16.4 Å². The van der Waals surface area contributed by atoms with Gasteiger partial charge < -0.3 is 16.4 Å². The zero-order chi connectivity index (χ0) is 27.5.